The van der Waals surface area contributed by atoms with Gasteiger partial charge in [0.25, 0.3) is 5.56 Å². The van der Waals surface area contributed by atoms with Gasteiger partial charge in [0, 0.05) is 23.9 Å². The fourth-order valence-electron chi connectivity index (χ4n) is 2.94. The standard InChI is InChI=1S/C20H17N5O3S/c1-12-15(9-10-21-23-20-22-16-7-2-3-8-17(16)29-20)18(26)25(24-12)14-6-4-5-13(11-14)19(27)28/h2-8,10-11,24H,9H2,1H3,(H,22,23)(H,27,28). The predicted octanol–water partition coefficient (Wildman–Crippen LogP) is 3.42. The summed E-state index contributed by atoms with van der Waals surface area (Å²) in [4.78, 5) is 28.3. The van der Waals surface area contributed by atoms with Gasteiger partial charge in [0.15, 0.2) is 0 Å². The van der Waals surface area contributed by atoms with Gasteiger partial charge in [0.1, 0.15) is 0 Å². The number of benzene rings is 2. The van der Waals surface area contributed by atoms with Gasteiger partial charge in [-0.25, -0.2) is 14.5 Å². The van der Waals surface area contributed by atoms with E-state index in [-0.39, 0.29) is 11.1 Å². The molecular formula is C20H17N5O3S. The Morgan fingerprint density at radius 3 is 2.93 bits per heavy atom. The van der Waals surface area contributed by atoms with Crippen LogP contribution in [0.15, 0.2) is 58.4 Å². The summed E-state index contributed by atoms with van der Waals surface area (Å²) in [6.45, 7) is 1.79. The summed E-state index contributed by atoms with van der Waals surface area (Å²) in [5.74, 6) is -1.04. The van der Waals surface area contributed by atoms with Gasteiger partial charge in [-0.3, -0.25) is 15.3 Å². The van der Waals surface area contributed by atoms with Gasteiger partial charge in [-0.2, -0.15) is 5.10 Å². The van der Waals surface area contributed by atoms with Crippen molar-refractivity contribution in [2.45, 2.75) is 13.3 Å². The number of hydrazone groups is 1. The molecule has 2 heterocycles. The summed E-state index contributed by atoms with van der Waals surface area (Å²) in [6.07, 6.45) is 1.94. The van der Waals surface area contributed by atoms with Crippen LogP contribution in [0.3, 0.4) is 0 Å². The number of carbonyl (C=O) groups is 1. The number of aromatic nitrogens is 3. The Morgan fingerprint density at radius 1 is 1.31 bits per heavy atom. The normalized spacial score (nSPS) is 11.3. The Labute approximate surface area is 169 Å². The summed E-state index contributed by atoms with van der Waals surface area (Å²) < 4.78 is 2.41. The lowest BCUT2D eigenvalue weighted by Gasteiger charge is -2.02. The Morgan fingerprint density at radius 2 is 2.14 bits per heavy atom. The molecule has 0 radical (unpaired) electrons. The quantitative estimate of drug-likeness (QED) is 0.335. The number of H-pyrrole nitrogens is 1. The zero-order valence-corrected chi connectivity index (χ0v) is 16.2. The van der Waals surface area contributed by atoms with Crippen LogP contribution in [0.25, 0.3) is 15.9 Å². The van der Waals surface area contributed by atoms with E-state index in [2.05, 4.69) is 20.6 Å². The lowest BCUT2D eigenvalue weighted by Crippen LogP contribution is -2.18. The van der Waals surface area contributed by atoms with Gasteiger partial charge in [0.05, 0.1) is 21.5 Å². The second kappa shape index (κ2) is 7.72. The molecule has 0 fully saturated rings. The van der Waals surface area contributed by atoms with Crippen LogP contribution in [0.5, 0.6) is 0 Å². The van der Waals surface area contributed by atoms with Crippen molar-refractivity contribution in [1.82, 2.24) is 14.8 Å². The minimum atomic E-state index is -1.04. The van der Waals surface area contributed by atoms with Crippen LogP contribution in [0.2, 0.25) is 0 Å². The first kappa shape index (κ1) is 18.6. The van der Waals surface area contributed by atoms with Crippen LogP contribution in [-0.4, -0.2) is 32.1 Å². The Bertz CT molecular complexity index is 1250. The van der Waals surface area contributed by atoms with Crippen LogP contribution in [-0.2, 0) is 6.42 Å². The second-order valence-electron chi connectivity index (χ2n) is 6.33. The SMILES string of the molecule is Cc1[nH]n(-c2cccc(C(=O)O)c2)c(=O)c1CC=NNc1nc2ccccc2s1. The molecule has 0 aliphatic heterocycles. The number of nitrogens with one attached hydrogen (secondary N) is 2. The molecule has 0 aliphatic rings. The number of nitrogens with zero attached hydrogens (tertiary/aromatic N) is 3. The van der Waals surface area contributed by atoms with Crippen molar-refractivity contribution in [3.63, 3.8) is 0 Å². The van der Waals surface area contributed by atoms with E-state index in [0.29, 0.717) is 28.5 Å². The van der Waals surface area contributed by atoms with Crippen molar-refractivity contribution < 1.29 is 9.90 Å². The molecule has 0 bridgehead atoms. The summed E-state index contributed by atoms with van der Waals surface area (Å²) in [7, 11) is 0. The van der Waals surface area contributed by atoms with Crippen molar-refractivity contribution in [2.75, 3.05) is 5.43 Å². The van der Waals surface area contributed by atoms with E-state index in [4.69, 9.17) is 5.11 Å². The molecule has 9 heteroatoms. The minimum absolute atomic E-state index is 0.116. The fourth-order valence-corrected chi connectivity index (χ4v) is 3.75. The predicted molar refractivity (Wildman–Crippen MR) is 114 cm³/mol. The molecule has 0 aliphatic carbocycles. The van der Waals surface area contributed by atoms with Crippen LogP contribution >= 0.6 is 11.3 Å². The van der Waals surface area contributed by atoms with E-state index in [9.17, 15) is 9.59 Å². The van der Waals surface area contributed by atoms with Gasteiger partial charge < -0.3 is 5.11 Å². The van der Waals surface area contributed by atoms with Gasteiger partial charge in [-0.1, -0.05) is 29.5 Å². The lowest BCUT2D eigenvalue weighted by molar-refractivity contribution is 0.0697. The highest BCUT2D eigenvalue weighted by atomic mass is 32.1. The molecule has 0 unspecified atom stereocenters. The van der Waals surface area contributed by atoms with Gasteiger partial charge >= 0.3 is 5.97 Å². The summed E-state index contributed by atoms with van der Waals surface area (Å²) in [6, 6.07) is 14.0. The Hall–Kier alpha value is -3.72. The topological polar surface area (TPSA) is 112 Å². The molecule has 0 saturated heterocycles. The molecular weight excluding hydrogens is 390 g/mol. The maximum absolute atomic E-state index is 12.7. The molecule has 0 amide bonds. The molecule has 2 aromatic carbocycles. The molecule has 4 rings (SSSR count). The number of fused-ring (bicyclic) bond motifs is 1. The highest BCUT2D eigenvalue weighted by Crippen LogP contribution is 2.25. The van der Waals surface area contributed by atoms with Gasteiger partial charge in [0.2, 0.25) is 5.13 Å². The van der Waals surface area contributed by atoms with Crippen LogP contribution in [0, 0.1) is 6.92 Å². The van der Waals surface area contributed by atoms with Crippen molar-refractivity contribution in [3.8, 4) is 5.69 Å². The zero-order chi connectivity index (χ0) is 20.4. The number of carboxylic acid groups (broad SMARTS) is 1. The third-order valence-corrected chi connectivity index (χ3v) is 5.33. The number of aromatic carboxylic acids is 1. The van der Waals surface area contributed by atoms with Gasteiger partial charge in [-0.05, 0) is 37.3 Å². The summed E-state index contributed by atoms with van der Waals surface area (Å²) >= 11 is 1.50. The molecule has 0 atom stereocenters. The highest BCUT2D eigenvalue weighted by Gasteiger charge is 2.13. The number of para-hydroxylation sites is 1. The number of aryl methyl sites for hydroxylation is 1. The minimum Gasteiger partial charge on any atom is -0.478 e. The number of rotatable bonds is 6. The first-order valence-corrected chi connectivity index (χ1v) is 9.62. The highest BCUT2D eigenvalue weighted by molar-refractivity contribution is 7.22. The average Bonchev–Trinajstić information content (AvgIpc) is 3.26. The number of aromatic amines is 1. The molecule has 3 N–H and O–H groups in total. The average molecular weight is 407 g/mol. The van der Waals surface area contributed by atoms with Crippen molar-refractivity contribution >= 4 is 38.9 Å². The molecule has 0 spiro atoms. The zero-order valence-electron chi connectivity index (χ0n) is 15.4. The van der Waals surface area contributed by atoms with Gasteiger partial charge in [-0.15, -0.1) is 0 Å². The smallest absolute Gasteiger partial charge is 0.335 e. The number of hydrogen-bond acceptors (Lipinski definition) is 6. The van der Waals surface area contributed by atoms with Crippen molar-refractivity contribution in [3.05, 3.63) is 75.7 Å². The summed E-state index contributed by atoms with van der Waals surface area (Å²) in [5.41, 5.74) is 5.40. The maximum Gasteiger partial charge on any atom is 0.335 e. The summed E-state index contributed by atoms with van der Waals surface area (Å²) in [5, 5.41) is 17.0. The third kappa shape index (κ3) is 3.81. The molecule has 146 valence electrons. The van der Waals surface area contributed by atoms with E-state index < -0.39 is 5.97 Å². The number of anilines is 1. The third-order valence-electron chi connectivity index (χ3n) is 4.39. The van der Waals surface area contributed by atoms with E-state index in [1.807, 2.05) is 24.3 Å². The van der Waals surface area contributed by atoms with E-state index >= 15 is 0 Å². The molecule has 0 saturated carbocycles. The number of hydrogen-bond donors (Lipinski definition) is 3. The van der Waals surface area contributed by atoms with Crippen LogP contribution in [0.4, 0.5) is 5.13 Å². The van der Waals surface area contributed by atoms with Crippen LogP contribution in [0.1, 0.15) is 21.6 Å². The number of thiazole rings is 1. The largest absolute Gasteiger partial charge is 0.478 e. The maximum atomic E-state index is 12.7. The molecule has 8 nitrogen and oxygen atoms in total. The Kier molecular flexibility index (Phi) is 4.96. The van der Waals surface area contributed by atoms with Crippen molar-refractivity contribution in [1.29, 1.82) is 0 Å². The lowest BCUT2D eigenvalue weighted by atomic mass is 10.2. The molecule has 2 aromatic heterocycles. The molecule has 4 aromatic rings. The van der Waals surface area contributed by atoms with Crippen LogP contribution < -0.4 is 11.0 Å². The first-order valence-electron chi connectivity index (χ1n) is 8.80. The molecule has 29 heavy (non-hydrogen) atoms. The van der Waals surface area contributed by atoms with E-state index in [1.54, 1.807) is 25.3 Å². The fraction of sp³-hybridized carbons (Fsp3) is 0.100. The van der Waals surface area contributed by atoms with E-state index in [1.165, 1.54) is 28.2 Å². The Balaban J connectivity index is 1.51. The monoisotopic (exact) mass is 407 g/mol. The van der Waals surface area contributed by atoms with Crippen molar-refractivity contribution in [2.24, 2.45) is 5.10 Å². The number of carboxylic acids is 1. The second-order valence-corrected chi connectivity index (χ2v) is 7.36. The van der Waals surface area contributed by atoms with E-state index in [0.717, 1.165) is 10.2 Å². The first-order chi connectivity index (χ1) is 14.0.